The van der Waals surface area contributed by atoms with Crippen molar-refractivity contribution >= 4 is 22.6 Å². The summed E-state index contributed by atoms with van der Waals surface area (Å²) in [5.41, 5.74) is 7.04. The van der Waals surface area contributed by atoms with Gasteiger partial charge in [-0.15, -0.1) is 11.3 Å². The Kier molecular flexibility index (Phi) is 3.81. The zero-order valence-electron chi connectivity index (χ0n) is 16.5. The molecule has 1 unspecified atom stereocenters. The summed E-state index contributed by atoms with van der Waals surface area (Å²) in [4.78, 5) is 1.21. The lowest BCUT2D eigenvalue weighted by Gasteiger charge is -2.37. The van der Waals surface area contributed by atoms with E-state index in [-0.39, 0.29) is 11.6 Å². The smallest absolute Gasteiger partial charge is 0.159 e. The predicted octanol–water partition coefficient (Wildman–Crippen LogP) is 6.51. The van der Waals surface area contributed by atoms with Crippen molar-refractivity contribution in [1.82, 2.24) is 0 Å². The standard InChI is InChI=1S/C24H23NO2S/c1-14-13-24(2,3)25-16-11-10-15-21-17(26-4)7-5-8-18(21)27-23(22(15)20(14)16)19-9-6-12-28-19/h5-13,23,25H,1-4H3. The number of rotatable bonds is 2. The fourth-order valence-electron chi connectivity index (χ4n) is 4.51. The van der Waals surface area contributed by atoms with Gasteiger partial charge < -0.3 is 14.8 Å². The molecule has 0 aliphatic carbocycles. The van der Waals surface area contributed by atoms with Gasteiger partial charge in [0.15, 0.2) is 6.10 Å². The number of nitrogens with one attached hydrogen (secondary N) is 1. The van der Waals surface area contributed by atoms with E-state index in [0.29, 0.717) is 0 Å². The molecule has 28 heavy (non-hydrogen) atoms. The number of ether oxygens (including phenoxy) is 2. The molecule has 1 atom stereocenters. The highest BCUT2D eigenvalue weighted by Gasteiger charge is 2.35. The molecule has 2 aliphatic rings. The van der Waals surface area contributed by atoms with Crippen molar-refractivity contribution in [2.24, 2.45) is 0 Å². The molecular weight excluding hydrogens is 366 g/mol. The summed E-state index contributed by atoms with van der Waals surface area (Å²) < 4.78 is 12.3. The number of fused-ring (bicyclic) bond motifs is 5. The van der Waals surface area contributed by atoms with Gasteiger partial charge in [0.05, 0.1) is 18.2 Å². The third-order valence-corrected chi connectivity index (χ3v) is 6.38. The van der Waals surface area contributed by atoms with Gasteiger partial charge in [-0.3, -0.25) is 0 Å². The number of allylic oxidation sites excluding steroid dienone is 1. The van der Waals surface area contributed by atoms with Gasteiger partial charge in [0.1, 0.15) is 11.5 Å². The van der Waals surface area contributed by atoms with Gasteiger partial charge >= 0.3 is 0 Å². The molecule has 1 aromatic heterocycles. The first-order valence-corrected chi connectivity index (χ1v) is 10.4. The van der Waals surface area contributed by atoms with Crippen molar-refractivity contribution in [3.8, 4) is 22.6 Å². The minimum Gasteiger partial charge on any atom is -0.496 e. The summed E-state index contributed by atoms with van der Waals surface area (Å²) in [5.74, 6) is 1.71. The zero-order valence-corrected chi connectivity index (χ0v) is 17.3. The largest absolute Gasteiger partial charge is 0.496 e. The second-order valence-electron chi connectivity index (χ2n) is 7.97. The second kappa shape index (κ2) is 6.14. The predicted molar refractivity (Wildman–Crippen MR) is 117 cm³/mol. The van der Waals surface area contributed by atoms with E-state index in [1.54, 1.807) is 18.4 Å². The van der Waals surface area contributed by atoms with Gasteiger partial charge in [-0.25, -0.2) is 0 Å². The Morgan fingerprint density at radius 2 is 1.93 bits per heavy atom. The van der Waals surface area contributed by atoms with Gasteiger partial charge in [-0.05, 0) is 61.6 Å². The van der Waals surface area contributed by atoms with E-state index in [9.17, 15) is 0 Å². The Balaban J connectivity index is 1.84. The second-order valence-corrected chi connectivity index (χ2v) is 8.95. The molecular formula is C24H23NO2S. The summed E-state index contributed by atoms with van der Waals surface area (Å²) in [6.45, 7) is 6.60. The zero-order chi connectivity index (χ0) is 19.5. The molecule has 0 amide bonds. The Labute approximate surface area is 169 Å². The third kappa shape index (κ3) is 2.55. The highest BCUT2D eigenvalue weighted by molar-refractivity contribution is 7.10. The number of anilines is 1. The lowest BCUT2D eigenvalue weighted by molar-refractivity contribution is 0.245. The molecule has 0 saturated carbocycles. The van der Waals surface area contributed by atoms with Crippen molar-refractivity contribution in [2.45, 2.75) is 32.4 Å². The van der Waals surface area contributed by atoms with Crippen molar-refractivity contribution in [3.05, 3.63) is 69.9 Å². The maximum atomic E-state index is 6.59. The van der Waals surface area contributed by atoms with Crippen molar-refractivity contribution in [3.63, 3.8) is 0 Å². The van der Waals surface area contributed by atoms with Crippen LogP contribution in [0.4, 0.5) is 5.69 Å². The Hall–Kier alpha value is -2.72. The van der Waals surface area contributed by atoms with E-state index in [0.717, 1.165) is 22.7 Å². The molecule has 0 bridgehead atoms. The number of benzene rings is 2. The molecule has 0 saturated heterocycles. The summed E-state index contributed by atoms with van der Waals surface area (Å²) in [7, 11) is 1.72. The Morgan fingerprint density at radius 1 is 1.07 bits per heavy atom. The first-order chi connectivity index (χ1) is 13.5. The molecule has 2 aromatic carbocycles. The van der Waals surface area contributed by atoms with Gasteiger partial charge in [-0.1, -0.05) is 24.3 Å². The minimum atomic E-state index is -0.129. The van der Waals surface area contributed by atoms with Gasteiger partial charge in [0.2, 0.25) is 0 Å². The highest BCUT2D eigenvalue weighted by Crippen LogP contribution is 2.53. The van der Waals surface area contributed by atoms with Crippen LogP contribution in [0.3, 0.4) is 0 Å². The fourth-order valence-corrected chi connectivity index (χ4v) is 5.27. The van der Waals surface area contributed by atoms with Crippen LogP contribution in [0.25, 0.3) is 16.7 Å². The van der Waals surface area contributed by atoms with E-state index in [1.807, 2.05) is 18.2 Å². The first kappa shape index (κ1) is 17.4. The van der Waals surface area contributed by atoms with Crippen LogP contribution in [0.5, 0.6) is 11.5 Å². The maximum Gasteiger partial charge on any atom is 0.159 e. The molecule has 3 aromatic rings. The SMILES string of the molecule is COc1cccc2c1-c1ccc3c(c1C(c1cccs1)O2)C(C)=CC(C)(C)N3. The third-order valence-electron chi connectivity index (χ3n) is 5.46. The molecule has 3 heterocycles. The molecule has 0 spiro atoms. The Morgan fingerprint density at radius 3 is 2.68 bits per heavy atom. The lowest BCUT2D eigenvalue weighted by Crippen LogP contribution is -2.32. The molecule has 2 aliphatic heterocycles. The fraction of sp³-hybridized carbons (Fsp3) is 0.250. The van der Waals surface area contributed by atoms with Gasteiger partial charge in [0.25, 0.3) is 0 Å². The van der Waals surface area contributed by atoms with Crippen LogP contribution in [0, 0.1) is 0 Å². The monoisotopic (exact) mass is 389 g/mol. The van der Waals surface area contributed by atoms with Gasteiger partial charge in [0, 0.05) is 21.7 Å². The lowest BCUT2D eigenvalue weighted by atomic mass is 9.81. The molecule has 5 rings (SSSR count). The van der Waals surface area contributed by atoms with E-state index in [1.165, 1.54) is 27.1 Å². The quantitative estimate of drug-likeness (QED) is 0.542. The number of methoxy groups -OCH3 is 1. The molecule has 142 valence electrons. The topological polar surface area (TPSA) is 30.5 Å². The average molecular weight is 390 g/mol. The van der Waals surface area contributed by atoms with E-state index < -0.39 is 0 Å². The van der Waals surface area contributed by atoms with E-state index >= 15 is 0 Å². The van der Waals surface area contributed by atoms with Crippen molar-refractivity contribution < 1.29 is 9.47 Å². The van der Waals surface area contributed by atoms with Crippen LogP contribution in [0.2, 0.25) is 0 Å². The van der Waals surface area contributed by atoms with Crippen LogP contribution in [0.1, 0.15) is 42.9 Å². The van der Waals surface area contributed by atoms with E-state index in [4.69, 9.17) is 9.47 Å². The van der Waals surface area contributed by atoms with Crippen LogP contribution >= 0.6 is 11.3 Å². The van der Waals surface area contributed by atoms with E-state index in [2.05, 4.69) is 61.8 Å². The normalized spacial score (nSPS) is 18.7. The van der Waals surface area contributed by atoms with Crippen LogP contribution in [-0.2, 0) is 0 Å². The van der Waals surface area contributed by atoms with Crippen LogP contribution < -0.4 is 14.8 Å². The summed E-state index contributed by atoms with van der Waals surface area (Å²) in [5, 5.41) is 5.79. The summed E-state index contributed by atoms with van der Waals surface area (Å²) in [6, 6.07) is 14.7. The van der Waals surface area contributed by atoms with Crippen molar-refractivity contribution in [1.29, 1.82) is 0 Å². The number of thiophene rings is 1. The highest BCUT2D eigenvalue weighted by atomic mass is 32.1. The van der Waals surface area contributed by atoms with Crippen LogP contribution in [0.15, 0.2) is 53.9 Å². The number of hydrogen-bond acceptors (Lipinski definition) is 4. The molecule has 0 radical (unpaired) electrons. The first-order valence-electron chi connectivity index (χ1n) is 9.51. The average Bonchev–Trinajstić information content (AvgIpc) is 3.19. The van der Waals surface area contributed by atoms with Crippen molar-refractivity contribution in [2.75, 3.05) is 12.4 Å². The Bertz CT molecular complexity index is 1100. The molecule has 3 nitrogen and oxygen atoms in total. The molecule has 1 N–H and O–H groups in total. The molecule has 0 fully saturated rings. The summed E-state index contributed by atoms with van der Waals surface area (Å²) >= 11 is 1.73. The minimum absolute atomic E-state index is 0.0745. The maximum absolute atomic E-state index is 6.59. The van der Waals surface area contributed by atoms with Crippen LogP contribution in [-0.4, -0.2) is 12.6 Å². The van der Waals surface area contributed by atoms with Gasteiger partial charge in [-0.2, -0.15) is 0 Å². The number of hydrogen-bond donors (Lipinski definition) is 1. The molecule has 4 heteroatoms. The summed E-state index contributed by atoms with van der Waals surface area (Å²) in [6.07, 6.45) is 2.18.